The molecule has 128 valence electrons. The lowest BCUT2D eigenvalue weighted by Crippen LogP contribution is -2.51. The molecule has 2 heterocycles. The maximum Gasteiger partial charge on any atom is 0.176 e. The van der Waals surface area contributed by atoms with Crippen molar-refractivity contribution in [1.29, 1.82) is 0 Å². The molecule has 2 aliphatic rings. The lowest BCUT2D eigenvalue weighted by molar-refractivity contribution is -0.0273. The van der Waals surface area contributed by atoms with E-state index in [1.165, 1.54) is 12.8 Å². The molecule has 0 bridgehead atoms. The van der Waals surface area contributed by atoms with E-state index in [0.29, 0.717) is 5.02 Å². The normalized spacial score (nSPS) is 21.2. The summed E-state index contributed by atoms with van der Waals surface area (Å²) >= 11 is 6.22. The van der Waals surface area contributed by atoms with Crippen molar-refractivity contribution in [2.24, 2.45) is 0 Å². The van der Waals surface area contributed by atoms with Gasteiger partial charge in [-0.2, -0.15) is 4.68 Å². The van der Waals surface area contributed by atoms with Crippen LogP contribution < -0.4 is 0 Å². The summed E-state index contributed by atoms with van der Waals surface area (Å²) in [5, 5.41) is 13.5. The van der Waals surface area contributed by atoms with Crippen molar-refractivity contribution in [2.45, 2.75) is 38.1 Å². The number of ether oxygens (including phenoxy) is 1. The van der Waals surface area contributed by atoms with Crippen LogP contribution in [-0.4, -0.2) is 51.4 Å². The van der Waals surface area contributed by atoms with Gasteiger partial charge in [-0.25, -0.2) is 0 Å². The van der Waals surface area contributed by atoms with Gasteiger partial charge in [0.1, 0.15) is 0 Å². The Hall–Kier alpha value is -1.50. The van der Waals surface area contributed by atoms with Crippen molar-refractivity contribution in [3.63, 3.8) is 0 Å². The minimum absolute atomic E-state index is 0.0952. The fourth-order valence-corrected chi connectivity index (χ4v) is 4.25. The van der Waals surface area contributed by atoms with E-state index in [1.54, 1.807) is 0 Å². The predicted molar refractivity (Wildman–Crippen MR) is 91.4 cm³/mol. The molecule has 0 spiro atoms. The molecule has 0 unspecified atom stereocenters. The van der Waals surface area contributed by atoms with E-state index >= 15 is 0 Å². The number of nitrogens with zero attached hydrogens (tertiary/aromatic N) is 5. The molecule has 0 radical (unpaired) electrons. The van der Waals surface area contributed by atoms with Gasteiger partial charge in [-0.3, -0.25) is 4.90 Å². The van der Waals surface area contributed by atoms with Gasteiger partial charge in [-0.05, 0) is 47.9 Å². The maximum absolute atomic E-state index is 6.22. The molecule has 1 saturated heterocycles. The van der Waals surface area contributed by atoms with Gasteiger partial charge in [-0.15, -0.1) is 5.10 Å². The Labute approximate surface area is 146 Å². The minimum Gasteiger partial charge on any atom is -0.379 e. The van der Waals surface area contributed by atoms with E-state index in [-0.39, 0.29) is 5.54 Å². The van der Waals surface area contributed by atoms with Crippen LogP contribution in [0, 0.1) is 6.92 Å². The molecule has 0 atom stereocenters. The fourth-order valence-electron chi connectivity index (χ4n) is 4.08. The Bertz CT molecular complexity index is 720. The number of hydrogen-bond donors (Lipinski definition) is 0. The Kier molecular flexibility index (Phi) is 4.28. The Morgan fingerprint density at radius 1 is 1.17 bits per heavy atom. The van der Waals surface area contributed by atoms with Crippen LogP contribution in [0.2, 0.25) is 5.02 Å². The van der Waals surface area contributed by atoms with Crippen LogP contribution in [0.3, 0.4) is 0 Å². The van der Waals surface area contributed by atoms with E-state index < -0.39 is 0 Å². The second-order valence-electron chi connectivity index (χ2n) is 6.68. The summed E-state index contributed by atoms with van der Waals surface area (Å²) in [4.78, 5) is 2.52. The number of benzene rings is 1. The summed E-state index contributed by atoms with van der Waals surface area (Å²) < 4.78 is 7.44. The topological polar surface area (TPSA) is 56.1 Å². The molecule has 1 saturated carbocycles. The number of tetrazole rings is 1. The molecule has 1 aromatic heterocycles. The van der Waals surface area contributed by atoms with Crippen molar-refractivity contribution in [2.75, 3.05) is 26.3 Å². The Morgan fingerprint density at radius 2 is 1.92 bits per heavy atom. The maximum atomic E-state index is 6.22. The SMILES string of the molecule is Cc1ccc(Cl)cc1-n1nnnc1C1(N2CCOCC2)CCCC1. The molecule has 7 heteroatoms. The third kappa shape index (κ3) is 2.62. The van der Waals surface area contributed by atoms with Gasteiger partial charge >= 0.3 is 0 Å². The van der Waals surface area contributed by atoms with Crippen molar-refractivity contribution < 1.29 is 4.74 Å². The second-order valence-corrected chi connectivity index (χ2v) is 7.12. The van der Waals surface area contributed by atoms with Gasteiger partial charge < -0.3 is 4.74 Å². The van der Waals surface area contributed by atoms with Crippen LogP contribution in [0.15, 0.2) is 18.2 Å². The van der Waals surface area contributed by atoms with E-state index in [9.17, 15) is 0 Å². The first-order valence-corrected chi connectivity index (χ1v) is 8.97. The lowest BCUT2D eigenvalue weighted by Gasteiger charge is -2.42. The molecule has 1 aromatic carbocycles. The zero-order valence-corrected chi connectivity index (χ0v) is 14.7. The largest absolute Gasteiger partial charge is 0.379 e. The average Bonchev–Trinajstić information content (AvgIpc) is 3.27. The van der Waals surface area contributed by atoms with Crippen molar-refractivity contribution in [3.8, 4) is 5.69 Å². The van der Waals surface area contributed by atoms with Crippen LogP contribution in [-0.2, 0) is 10.3 Å². The molecule has 0 amide bonds. The summed E-state index contributed by atoms with van der Waals surface area (Å²) in [5.74, 6) is 0.937. The Balaban J connectivity index is 1.81. The first kappa shape index (κ1) is 16.0. The number of aryl methyl sites for hydroxylation is 1. The molecule has 0 N–H and O–H groups in total. The van der Waals surface area contributed by atoms with E-state index in [4.69, 9.17) is 16.3 Å². The van der Waals surface area contributed by atoms with Crippen LogP contribution >= 0.6 is 11.6 Å². The van der Waals surface area contributed by atoms with Gasteiger partial charge in [0, 0.05) is 18.1 Å². The molecular formula is C17H22ClN5O. The first-order chi connectivity index (χ1) is 11.7. The highest BCUT2D eigenvalue weighted by molar-refractivity contribution is 6.30. The number of morpholine rings is 1. The molecule has 4 rings (SSSR count). The predicted octanol–water partition coefficient (Wildman–Crippen LogP) is 2.73. The molecule has 2 fully saturated rings. The average molecular weight is 348 g/mol. The quantitative estimate of drug-likeness (QED) is 0.854. The first-order valence-electron chi connectivity index (χ1n) is 8.59. The molecule has 2 aromatic rings. The lowest BCUT2D eigenvalue weighted by atomic mass is 9.93. The van der Waals surface area contributed by atoms with Gasteiger partial charge in [-0.1, -0.05) is 30.5 Å². The van der Waals surface area contributed by atoms with E-state index in [1.807, 2.05) is 22.9 Å². The minimum atomic E-state index is -0.0952. The van der Waals surface area contributed by atoms with Crippen LogP contribution in [0.4, 0.5) is 0 Å². The van der Waals surface area contributed by atoms with E-state index in [2.05, 4.69) is 27.3 Å². The smallest absolute Gasteiger partial charge is 0.176 e. The number of rotatable bonds is 3. The van der Waals surface area contributed by atoms with Gasteiger partial charge in [0.05, 0.1) is 24.4 Å². The summed E-state index contributed by atoms with van der Waals surface area (Å²) in [6, 6.07) is 5.86. The summed E-state index contributed by atoms with van der Waals surface area (Å²) in [6.07, 6.45) is 4.59. The number of aromatic nitrogens is 4. The Morgan fingerprint density at radius 3 is 2.67 bits per heavy atom. The van der Waals surface area contributed by atoms with Crippen LogP contribution in [0.1, 0.15) is 37.1 Å². The number of hydrogen-bond acceptors (Lipinski definition) is 5. The molecule has 1 aliphatic carbocycles. The van der Waals surface area contributed by atoms with Crippen molar-refractivity contribution >= 4 is 11.6 Å². The van der Waals surface area contributed by atoms with Crippen LogP contribution in [0.25, 0.3) is 5.69 Å². The zero-order chi connectivity index (χ0) is 16.6. The van der Waals surface area contributed by atoms with Crippen molar-refractivity contribution in [1.82, 2.24) is 25.1 Å². The van der Waals surface area contributed by atoms with Gasteiger partial charge in [0.15, 0.2) is 5.82 Å². The standard InChI is InChI=1S/C17H22ClN5O/c1-13-4-5-14(18)12-15(13)23-16(19-20-21-23)17(6-2-3-7-17)22-8-10-24-11-9-22/h4-5,12H,2-3,6-11H2,1H3. The van der Waals surface area contributed by atoms with Gasteiger partial charge in [0.2, 0.25) is 0 Å². The molecule has 1 aliphatic heterocycles. The van der Waals surface area contributed by atoms with Crippen molar-refractivity contribution in [3.05, 3.63) is 34.6 Å². The molecule has 6 nitrogen and oxygen atoms in total. The fraction of sp³-hybridized carbons (Fsp3) is 0.588. The van der Waals surface area contributed by atoms with Crippen LogP contribution in [0.5, 0.6) is 0 Å². The van der Waals surface area contributed by atoms with Gasteiger partial charge in [0.25, 0.3) is 0 Å². The third-order valence-electron chi connectivity index (χ3n) is 5.33. The monoisotopic (exact) mass is 347 g/mol. The second kappa shape index (κ2) is 6.43. The highest BCUT2D eigenvalue weighted by Crippen LogP contribution is 2.43. The highest BCUT2D eigenvalue weighted by atomic mass is 35.5. The summed E-state index contributed by atoms with van der Waals surface area (Å²) in [7, 11) is 0. The van der Waals surface area contributed by atoms with E-state index in [0.717, 1.165) is 56.2 Å². The zero-order valence-electron chi connectivity index (χ0n) is 13.9. The third-order valence-corrected chi connectivity index (χ3v) is 5.57. The molecule has 24 heavy (non-hydrogen) atoms. The molecular weight excluding hydrogens is 326 g/mol. The highest BCUT2D eigenvalue weighted by Gasteiger charge is 2.46. The summed E-state index contributed by atoms with van der Waals surface area (Å²) in [5.41, 5.74) is 1.98. The summed E-state index contributed by atoms with van der Waals surface area (Å²) in [6.45, 7) is 5.48. The number of halogens is 1.